The topological polar surface area (TPSA) is 507 Å². The number of carbonyl (C=O) groups is 12. The smallest absolute Gasteiger partial charge is 0.425 e. The molecule has 1 atom stereocenters. The Morgan fingerprint density at radius 1 is 0.503 bits per heavy atom. The Labute approximate surface area is 902 Å². The molecule has 0 bridgehead atoms. The summed E-state index contributed by atoms with van der Waals surface area (Å²) in [6.45, 7) is 41.1. The number of nitrogens with zero attached hydrogens (tertiary/aromatic N) is 9. The highest BCUT2D eigenvalue weighted by atomic mass is 79.9. The minimum atomic E-state index is -3.90. The largest absolute Gasteiger partial charge is 0.481 e. The lowest BCUT2D eigenvalue weighted by atomic mass is 9.94. The number of rotatable bonds is 21. The van der Waals surface area contributed by atoms with Gasteiger partial charge in [-0.3, -0.25) is 18.6 Å². The summed E-state index contributed by atoms with van der Waals surface area (Å²) in [6.07, 6.45) is 14.5. The second-order valence-corrected chi connectivity index (χ2v) is 43.0. The molecular weight excluding hydrogens is 2240 g/mol. The molecule has 2 aliphatic heterocycles. The number of nitrogens with two attached hydrogens (primary N) is 1. The molecule has 39 nitrogen and oxygen atoms in total. The third-order valence-electron chi connectivity index (χ3n) is 16.4. The summed E-state index contributed by atoms with van der Waals surface area (Å²) in [5.41, 5.74) is 7.18. The molecule has 5 N–H and O–H groups in total. The summed E-state index contributed by atoms with van der Waals surface area (Å²) in [5, 5.41) is 16.6. The zero-order chi connectivity index (χ0) is 112. The van der Waals surface area contributed by atoms with Crippen molar-refractivity contribution in [1.82, 2.24) is 54.6 Å². The Balaban J connectivity index is 0.00000166. The van der Waals surface area contributed by atoms with Crippen molar-refractivity contribution in [3.8, 4) is 0 Å². The summed E-state index contributed by atoms with van der Waals surface area (Å²) in [6, 6.07) is 12.4. The van der Waals surface area contributed by atoms with E-state index in [1.807, 2.05) is 39.0 Å². The third-order valence-corrected chi connectivity index (χ3v) is 21.6. The van der Waals surface area contributed by atoms with Crippen LogP contribution in [0.1, 0.15) is 215 Å². The second kappa shape index (κ2) is 65.6. The molecule has 49 heteroatoms. The lowest BCUT2D eigenvalue weighted by Gasteiger charge is -2.28. The number of amides is 6. The number of carbonyl (C=O) groups excluding carboxylic acids is 11. The molecule has 0 aromatic carbocycles. The Kier molecular flexibility index (Phi) is 61.1. The van der Waals surface area contributed by atoms with Gasteiger partial charge in [0.05, 0.1) is 60.9 Å². The van der Waals surface area contributed by atoms with Gasteiger partial charge >= 0.3 is 82.7 Å². The molecule has 145 heavy (non-hydrogen) atoms. The van der Waals surface area contributed by atoms with Crippen LogP contribution in [0.5, 0.6) is 0 Å². The summed E-state index contributed by atoms with van der Waals surface area (Å²) < 4.78 is 83.8. The Hall–Kier alpha value is -10.0. The number of aliphatic carboxylic acids is 1. The van der Waals surface area contributed by atoms with Gasteiger partial charge in [0.15, 0.2) is 0 Å². The molecule has 0 radical (unpaired) electrons. The molecule has 0 saturated carbocycles. The van der Waals surface area contributed by atoms with Gasteiger partial charge in [-0.2, -0.15) is 12.7 Å². The highest BCUT2D eigenvalue weighted by Gasteiger charge is 2.38. The first-order valence-corrected chi connectivity index (χ1v) is 50.1. The first-order chi connectivity index (χ1) is 66.9. The van der Waals surface area contributed by atoms with Crippen LogP contribution in [-0.2, 0) is 127 Å². The van der Waals surface area contributed by atoms with Crippen molar-refractivity contribution < 1.29 is 127 Å². The molecule has 6 amide bonds. The number of carboxylic acid groups (broad SMARTS) is 1. The van der Waals surface area contributed by atoms with E-state index in [-0.39, 0.29) is 62.7 Å². The number of halogens is 9. The van der Waals surface area contributed by atoms with Crippen molar-refractivity contribution in [1.29, 1.82) is 0 Å². The molecule has 6 aromatic heterocycles. The van der Waals surface area contributed by atoms with Crippen LogP contribution in [-0.4, -0.2) is 243 Å². The van der Waals surface area contributed by atoms with E-state index in [2.05, 4.69) is 118 Å². The number of fused-ring (bicyclic) bond motifs is 1. The summed E-state index contributed by atoms with van der Waals surface area (Å²) in [5.74, 6) is -3.01. The van der Waals surface area contributed by atoms with Crippen LogP contribution < -0.4 is 16.4 Å². The molecule has 2 aliphatic rings. The fourth-order valence-corrected chi connectivity index (χ4v) is 14.6. The summed E-state index contributed by atoms with van der Waals surface area (Å²) in [4.78, 5) is 163. The maximum atomic E-state index is 12.6. The molecule has 8 rings (SSSR count). The fourth-order valence-electron chi connectivity index (χ4n) is 10.5. The van der Waals surface area contributed by atoms with E-state index in [0.717, 1.165) is 70.1 Å². The number of hydrogen-bond donors (Lipinski definition) is 4. The number of alkyl carbamates (subject to hydrolysis) is 1. The summed E-state index contributed by atoms with van der Waals surface area (Å²) in [7, 11) is 1.40. The van der Waals surface area contributed by atoms with Gasteiger partial charge in [0.2, 0.25) is 0 Å². The number of imide groups is 2. The molecule has 6 aromatic rings. The number of aromatic nitrogens is 6. The van der Waals surface area contributed by atoms with Crippen molar-refractivity contribution in [3.05, 3.63) is 193 Å². The van der Waals surface area contributed by atoms with Gasteiger partial charge in [-0.1, -0.05) is 124 Å². The molecule has 1 saturated heterocycles. The van der Waals surface area contributed by atoms with E-state index in [1.54, 1.807) is 186 Å². The van der Waals surface area contributed by atoms with Crippen molar-refractivity contribution in [3.63, 3.8) is 0 Å². The van der Waals surface area contributed by atoms with Crippen molar-refractivity contribution in [2.75, 3.05) is 74.3 Å². The third kappa shape index (κ3) is 60.8. The van der Waals surface area contributed by atoms with Crippen LogP contribution in [0, 0.1) is 0 Å². The van der Waals surface area contributed by atoms with Gasteiger partial charge in [-0.05, 0) is 279 Å². The van der Waals surface area contributed by atoms with Crippen LogP contribution in [0.4, 0.5) is 28.8 Å². The van der Waals surface area contributed by atoms with Gasteiger partial charge in [-0.15, -0.1) is 0 Å². The monoisotopic (exact) mass is 2360 g/mol. The van der Waals surface area contributed by atoms with Crippen LogP contribution >= 0.6 is 117 Å². The molecular formula is C96H131Br3Cl6N12O27S. The normalized spacial score (nSPS) is 12.9. The molecule has 0 aliphatic carbocycles. The van der Waals surface area contributed by atoms with Gasteiger partial charge < -0.3 is 73.6 Å². The SMILES string of the molecule is C=CC(=O)OC.CC(C)(C)OC(=O)CCC(=O)O.CC(C)(C)OC(=O)N(CCc1c(Br)ccnc1Cl)C(=O)OC(C)(C)C.CC(C)(C)OC(=O)N1CCOS1(=O)=O.CC(C)(C)OC(=O)NCCc1c(Br)ccnc1Cl.COC(=O)/C=C/c1ccnc(Cl)c1CCN.COC(=O)/C=C/c1ccnc(Cl)c1CCN(C(=O)OC(C)(C)C)C(=O)OC(C)(C)C.COC(=O)CC1NCCc2c1ccnc2Cl.Clc1cc(Br)ccn1. The molecule has 0 spiro atoms. The molecule has 8 heterocycles. The van der Waals surface area contributed by atoms with Crippen LogP contribution in [0.15, 0.2) is 118 Å². The van der Waals surface area contributed by atoms with Gasteiger partial charge in [-0.25, -0.2) is 82.9 Å². The fraction of sp³-hybridized carbons (Fsp3) is 0.500. The van der Waals surface area contributed by atoms with E-state index in [9.17, 15) is 66.0 Å². The van der Waals surface area contributed by atoms with Crippen molar-refractivity contribution in [2.24, 2.45) is 5.73 Å². The Morgan fingerprint density at radius 3 is 1.24 bits per heavy atom. The number of esters is 5. The Bertz CT molecular complexity index is 5340. The molecule has 806 valence electrons. The first-order valence-electron chi connectivity index (χ1n) is 44.1. The van der Waals surface area contributed by atoms with E-state index >= 15 is 0 Å². The standard InChI is InChI=1S/C21H29ClN2O6.C17H24BrClN2O4.C12H16BrClN2O2.2C11H13ClN2O2.C8H14O4.C7H13NO5S.C5H3BrClN.C4H6O2/c1-20(2,3)29-18(26)24(19(27)30-21(4,5)6)13-11-15-14(8-9-16(25)28-7)10-12-23-17(15)22;1-16(2,3)24-14(22)21(15(23)25-17(4,5)6)10-8-11-12(18)7-9-20-13(11)19;1-12(2,3)18-11(17)16-6-4-8-9(13)5-7-15-10(8)14;1-16-10(15)6-9-7-2-5-14-11(12)8(7)3-4-13-9;1-16-10(15)3-2-8-5-7-14-11(12)9(8)4-6-13;1-8(2,3)12-7(11)5-4-6(9)10;1-7(2,3)13-6(9)8-4-5-12-14(8,10)11;6-4-1-2-8-5(7)3-4;1-3-4(5)6-2/h8-10,12H,11,13H2,1-7H3;7,9H,8,10H2,1-6H3;5,7H,4,6H2,1-3H3,(H,16,17);2,5,9,13H,3-4,6H2,1H3;2-3,5,7H,4,6,13H2,1H3;4-5H2,1-3H3,(H,9,10);4-5H2,1-3H3;1-3H;3H,1H2,2H3/b9-8+;;;;3-2+;;;;. The minimum absolute atomic E-state index is 0.0112. The van der Waals surface area contributed by atoms with E-state index < -0.39 is 116 Å². The number of hydrogen-bond acceptors (Lipinski definition) is 34. The summed E-state index contributed by atoms with van der Waals surface area (Å²) >= 11 is 45.8. The van der Waals surface area contributed by atoms with Crippen molar-refractivity contribution in [2.45, 2.75) is 242 Å². The Morgan fingerprint density at radius 2 is 0.890 bits per heavy atom. The van der Waals surface area contributed by atoms with Crippen LogP contribution in [0.2, 0.25) is 30.9 Å². The van der Waals surface area contributed by atoms with E-state index in [0.29, 0.717) is 85.5 Å². The highest BCUT2D eigenvalue weighted by molar-refractivity contribution is 9.11. The van der Waals surface area contributed by atoms with Gasteiger partial charge in [0, 0.05) is 106 Å². The second-order valence-electron chi connectivity index (χ2n) is 36.7. The molecule has 1 fully saturated rings. The predicted molar refractivity (Wildman–Crippen MR) is 561 cm³/mol. The number of ether oxygens (including phenoxy) is 11. The van der Waals surface area contributed by atoms with Crippen LogP contribution in [0.25, 0.3) is 12.2 Å². The minimum Gasteiger partial charge on any atom is -0.481 e. The highest BCUT2D eigenvalue weighted by Crippen LogP contribution is 2.32. The zero-order valence-electron chi connectivity index (χ0n) is 85.8. The predicted octanol–water partition coefficient (Wildman–Crippen LogP) is 20.9. The first kappa shape index (κ1) is 135. The lowest BCUT2D eigenvalue weighted by molar-refractivity contribution is -0.157. The van der Waals surface area contributed by atoms with Gasteiger partial charge in [0.25, 0.3) is 0 Å². The van der Waals surface area contributed by atoms with Crippen molar-refractivity contribution >= 4 is 212 Å². The lowest BCUT2D eigenvalue weighted by Crippen LogP contribution is -2.44. The average molecular weight is 2370 g/mol. The van der Waals surface area contributed by atoms with Crippen LogP contribution in [0.3, 0.4) is 0 Å². The zero-order valence-corrected chi connectivity index (χ0v) is 95.9. The number of pyridine rings is 6. The quantitative estimate of drug-likeness (QED) is 0.0225. The van der Waals surface area contributed by atoms with E-state index in [1.165, 1.54) is 52.9 Å². The average Bonchev–Trinajstić information content (AvgIpc) is 1.80. The molecule has 1 unspecified atom stereocenters. The number of carboxylic acids is 1. The number of methoxy groups -OCH3 is 4. The van der Waals surface area contributed by atoms with E-state index in [4.69, 9.17) is 114 Å². The number of nitrogens with one attached hydrogen (secondary N) is 2. The maximum Gasteiger partial charge on any atom is 0.425 e. The maximum absolute atomic E-state index is 12.6. The van der Waals surface area contributed by atoms with Gasteiger partial charge in [0.1, 0.15) is 70.1 Å².